The van der Waals surface area contributed by atoms with Crippen LogP contribution >= 0.6 is 0 Å². The first-order valence-corrected chi connectivity index (χ1v) is 9.88. The summed E-state index contributed by atoms with van der Waals surface area (Å²) in [6.45, 7) is 2.74. The molecule has 3 heterocycles. The van der Waals surface area contributed by atoms with Gasteiger partial charge in [0.2, 0.25) is 0 Å². The van der Waals surface area contributed by atoms with Crippen molar-refractivity contribution in [2.24, 2.45) is 0 Å². The van der Waals surface area contributed by atoms with Crippen LogP contribution in [0, 0.1) is 0 Å². The van der Waals surface area contributed by atoms with Crippen LogP contribution in [0.15, 0.2) is 24.3 Å². The van der Waals surface area contributed by atoms with Gasteiger partial charge in [-0.3, -0.25) is 19.3 Å². The van der Waals surface area contributed by atoms with E-state index in [1.54, 1.807) is 24.2 Å². The number of likely N-dealkylation sites (N-methyl/N-ethyl adjacent to an activating group) is 1. The van der Waals surface area contributed by atoms with Gasteiger partial charge in [-0.05, 0) is 6.92 Å². The van der Waals surface area contributed by atoms with Crippen LogP contribution in [0.5, 0.6) is 11.8 Å². The fourth-order valence-electron chi connectivity index (χ4n) is 3.83. The molecule has 4 amide bonds. The van der Waals surface area contributed by atoms with Gasteiger partial charge in [0.1, 0.15) is 20.1 Å². The molecule has 0 bridgehead atoms. The fourth-order valence-corrected chi connectivity index (χ4v) is 3.83. The maximum atomic E-state index is 13.2. The molecular weight excluding hydrogens is 410 g/mol. The number of nitrogens with zero attached hydrogens (tertiary/aromatic N) is 5. The second-order valence-corrected chi connectivity index (χ2v) is 7.05. The van der Waals surface area contributed by atoms with Gasteiger partial charge in [0.15, 0.2) is 24.1 Å². The fraction of sp³-hybridized carbons (Fsp3) is 0.579. The molecule has 2 aliphatic heterocycles. The monoisotopic (exact) mass is 439 g/mol. The van der Waals surface area contributed by atoms with Crippen molar-refractivity contribution in [3.63, 3.8) is 0 Å². The smallest absolute Gasteiger partial charge is 0.326 e. The number of aromatic hydroxyl groups is 2. The molecule has 12 nitrogen and oxygen atoms in total. The molecule has 12 heteroatoms. The standard InChI is InChI=1S/C19H29N5O7/c1-4-20-16-17(24(18(20)27)13-31-10-6-5-9-29-2)23(12-30-3)19(28)22(16)11-21-14(25)7-8-15(21)26/h5-8,16-17,25-26H,4,9-13H2,1-3H3. The molecule has 2 unspecified atom stereocenters. The minimum absolute atomic E-state index is 0.0187. The molecule has 0 spiro atoms. The normalized spacial score (nSPS) is 21.3. The Hall–Kier alpha value is -2.96. The van der Waals surface area contributed by atoms with Gasteiger partial charge in [0.25, 0.3) is 0 Å². The van der Waals surface area contributed by atoms with Crippen molar-refractivity contribution in [3.8, 4) is 11.8 Å². The van der Waals surface area contributed by atoms with Crippen LogP contribution in [0.25, 0.3) is 0 Å². The first-order chi connectivity index (χ1) is 15.0. The van der Waals surface area contributed by atoms with Crippen molar-refractivity contribution >= 4 is 12.1 Å². The van der Waals surface area contributed by atoms with Gasteiger partial charge in [0, 0.05) is 32.9 Å². The van der Waals surface area contributed by atoms with E-state index in [9.17, 15) is 19.8 Å². The summed E-state index contributed by atoms with van der Waals surface area (Å²) in [6, 6.07) is 1.99. The Kier molecular flexibility index (Phi) is 7.25. The van der Waals surface area contributed by atoms with Crippen molar-refractivity contribution in [1.29, 1.82) is 0 Å². The lowest BCUT2D eigenvalue weighted by molar-refractivity contribution is -0.00993. The average molecular weight is 439 g/mol. The molecule has 0 aromatic carbocycles. The molecule has 2 saturated heterocycles. The lowest BCUT2D eigenvalue weighted by Crippen LogP contribution is -2.48. The van der Waals surface area contributed by atoms with Gasteiger partial charge in [-0.15, -0.1) is 0 Å². The van der Waals surface area contributed by atoms with Gasteiger partial charge < -0.3 is 29.3 Å². The van der Waals surface area contributed by atoms with E-state index in [1.807, 2.05) is 6.92 Å². The summed E-state index contributed by atoms with van der Waals surface area (Å²) in [5.74, 6) is -0.384. The number of carbonyl (C=O) groups is 2. The van der Waals surface area contributed by atoms with E-state index in [4.69, 9.17) is 14.2 Å². The number of methoxy groups -OCH3 is 2. The van der Waals surface area contributed by atoms with Crippen LogP contribution in [-0.4, -0.2) is 106 Å². The van der Waals surface area contributed by atoms with E-state index in [0.29, 0.717) is 13.2 Å². The number of aromatic nitrogens is 1. The highest BCUT2D eigenvalue weighted by atomic mass is 16.5. The second-order valence-electron chi connectivity index (χ2n) is 7.05. The zero-order valence-electron chi connectivity index (χ0n) is 17.9. The quantitative estimate of drug-likeness (QED) is 0.386. The number of amides is 4. The molecule has 1 aromatic rings. The van der Waals surface area contributed by atoms with Gasteiger partial charge in [-0.1, -0.05) is 12.2 Å². The minimum Gasteiger partial charge on any atom is -0.494 e. The van der Waals surface area contributed by atoms with Crippen molar-refractivity contribution < 1.29 is 34.0 Å². The number of hydrogen-bond acceptors (Lipinski definition) is 7. The zero-order valence-corrected chi connectivity index (χ0v) is 17.9. The number of ether oxygens (including phenoxy) is 3. The molecule has 2 atom stereocenters. The highest BCUT2D eigenvalue weighted by molar-refractivity contribution is 5.85. The Morgan fingerprint density at radius 3 is 2.06 bits per heavy atom. The van der Waals surface area contributed by atoms with Crippen molar-refractivity contribution in [2.75, 3.05) is 47.4 Å². The summed E-state index contributed by atoms with van der Waals surface area (Å²) < 4.78 is 17.0. The van der Waals surface area contributed by atoms with Crippen LogP contribution in [0.1, 0.15) is 6.92 Å². The molecule has 0 saturated carbocycles. The maximum Gasteiger partial charge on any atom is 0.326 e. The predicted octanol–water partition coefficient (Wildman–Crippen LogP) is 0.785. The Bertz CT molecular complexity index is 794. The third kappa shape index (κ3) is 4.27. The SMILES string of the molecule is CCN1C(=O)N(COCC=CCOC)C2C1N(Cn1c(O)ccc1O)C(=O)N2COC. The minimum atomic E-state index is -0.650. The van der Waals surface area contributed by atoms with Gasteiger partial charge in [0.05, 0.1) is 13.2 Å². The van der Waals surface area contributed by atoms with Crippen LogP contribution in [0.3, 0.4) is 0 Å². The van der Waals surface area contributed by atoms with E-state index < -0.39 is 12.3 Å². The second kappa shape index (κ2) is 9.90. The average Bonchev–Trinajstić information content (AvgIpc) is 3.31. The first kappa shape index (κ1) is 22.7. The van der Waals surface area contributed by atoms with E-state index in [1.165, 1.54) is 38.5 Å². The lowest BCUT2D eigenvalue weighted by atomic mass is 10.3. The highest BCUT2D eigenvalue weighted by Gasteiger charge is 2.59. The van der Waals surface area contributed by atoms with E-state index in [0.717, 1.165) is 0 Å². The van der Waals surface area contributed by atoms with Crippen LogP contribution in [-0.2, 0) is 20.9 Å². The van der Waals surface area contributed by atoms with E-state index in [2.05, 4.69) is 0 Å². The lowest BCUT2D eigenvalue weighted by Gasteiger charge is -2.29. The van der Waals surface area contributed by atoms with Gasteiger partial charge in [-0.2, -0.15) is 0 Å². The Labute approximate surface area is 180 Å². The van der Waals surface area contributed by atoms with Crippen LogP contribution < -0.4 is 0 Å². The third-order valence-corrected chi connectivity index (χ3v) is 5.24. The largest absolute Gasteiger partial charge is 0.494 e. The van der Waals surface area contributed by atoms with Gasteiger partial charge >= 0.3 is 12.1 Å². The highest BCUT2D eigenvalue weighted by Crippen LogP contribution is 2.36. The summed E-state index contributed by atoms with van der Waals surface area (Å²) in [5.41, 5.74) is 0. The molecule has 0 radical (unpaired) electrons. The van der Waals surface area contributed by atoms with Crippen molar-refractivity contribution in [3.05, 3.63) is 24.3 Å². The number of rotatable bonds is 11. The zero-order chi connectivity index (χ0) is 22.5. The molecule has 2 N–H and O–H groups in total. The first-order valence-electron chi connectivity index (χ1n) is 9.88. The molecule has 0 aliphatic carbocycles. The molecule has 172 valence electrons. The Morgan fingerprint density at radius 1 is 0.871 bits per heavy atom. The molecule has 2 aliphatic rings. The predicted molar refractivity (Wildman–Crippen MR) is 108 cm³/mol. The van der Waals surface area contributed by atoms with Crippen molar-refractivity contribution in [2.45, 2.75) is 25.9 Å². The third-order valence-electron chi connectivity index (χ3n) is 5.24. The van der Waals surface area contributed by atoms with Gasteiger partial charge in [-0.25, -0.2) is 9.59 Å². The molecule has 1 aromatic heterocycles. The summed E-state index contributed by atoms with van der Waals surface area (Å²) in [4.78, 5) is 32.1. The molecular formula is C19H29N5O7. The number of hydrogen-bond donors (Lipinski definition) is 2. The van der Waals surface area contributed by atoms with Crippen LogP contribution in [0.2, 0.25) is 0 Å². The molecule has 2 fully saturated rings. The Morgan fingerprint density at radius 2 is 1.45 bits per heavy atom. The summed E-state index contributed by atoms with van der Waals surface area (Å²) >= 11 is 0. The van der Waals surface area contributed by atoms with E-state index >= 15 is 0 Å². The summed E-state index contributed by atoms with van der Waals surface area (Å²) in [6.07, 6.45) is 2.30. The summed E-state index contributed by atoms with van der Waals surface area (Å²) in [7, 11) is 3.05. The van der Waals surface area contributed by atoms with Crippen LogP contribution in [0.4, 0.5) is 9.59 Å². The summed E-state index contributed by atoms with van der Waals surface area (Å²) in [5, 5.41) is 20.0. The number of urea groups is 2. The maximum absolute atomic E-state index is 13.2. The topological polar surface area (TPSA) is 120 Å². The van der Waals surface area contributed by atoms with Crippen molar-refractivity contribution in [1.82, 2.24) is 24.2 Å². The molecule has 31 heavy (non-hydrogen) atoms. The van der Waals surface area contributed by atoms with E-state index in [-0.39, 0.29) is 50.6 Å². The Balaban J connectivity index is 1.84. The molecule has 3 rings (SSSR count). The number of carbonyl (C=O) groups excluding carboxylic acids is 2. The number of fused-ring (bicyclic) bond motifs is 1.